The van der Waals surface area contributed by atoms with Gasteiger partial charge in [0.05, 0.1) is 6.04 Å². The topological polar surface area (TPSA) is 42.7 Å². The Morgan fingerprint density at radius 2 is 2.11 bits per heavy atom. The molecular formula is C15H20N4. The van der Waals surface area contributed by atoms with Crippen LogP contribution in [0.1, 0.15) is 37.4 Å². The minimum Gasteiger partial charge on any atom is -0.354 e. The van der Waals surface area contributed by atoms with Gasteiger partial charge >= 0.3 is 0 Å². The molecule has 2 heterocycles. The van der Waals surface area contributed by atoms with Gasteiger partial charge in [-0.2, -0.15) is 10.1 Å². The first kappa shape index (κ1) is 12.2. The summed E-state index contributed by atoms with van der Waals surface area (Å²) in [6.45, 7) is 5.46. The average molecular weight is 256 g/mol. The number of nitrogens with one attached hydrogen (secondary N) is 1. The highest BCUT2D eigenvalue weighted by atomic mass is 15.4. The molecule has 4 nitrogen and oxygen atoms in total. The number of nitrogens with zero attached hydrogens (tertiary/aromatic N) is 3. The fraction of sp³-hybridized carbons (Fsp3) is 0.467. The lowest BCUT2D eigenvalue weighted by atomic mass is 9.98. The van der Waals surface area contributed by atoms with Crippen molar-refractivity contribution in [3.8, 4) is 0 Å². The minimum atomic E-state index is 0.312. The number of anilines is 1. The first-order chi connectivity index (χ1) is 9.24. The van der Waals surface area contributed by atoms with Crippen LogP contribution in [-0.2, 0) is 6.42 Å². The lowest BCUT2D eigenvalue weighted by Crippen LogP contribution is -2.24. The molecule has 0 saturated carbocycles. The van der Waals surface area contributed by atoms with E-state index < -0.39 is 0 Å². The Morgan fingerprint density at radius 1 is 1.32 bits per heavy atom. The van der Waals surface area contributed by atoms with Crippen molar-refractivity contribution in [2.45, 2.75) is 32.7 Å². The van der Waals surface area contributed by atoms with Crippen molar-refractivity contribution in [3.63, 3.8) is 0 Å². The van der Waals surface area contributed by atoms with Gasteiger partial charge in [0.2, 0.25) is 5.95 Å². The molecule has 1 atom stereocenters. The largest absolute Gasteiger partial charge is 0.354 e. The van der Waals surface area contributed by atoms with Crippen LogP contribution in [0.3, 0.4) is 0 Å². The molecule has 2 aromatic rings. The van der Waals surface area contributed by atoms with E-state index in [0.29, 0.717) is 12.0 Å². The predicted molar refractivity (Wildman–Crippen MR) is 76.3 cm³/mol. The number of aromatic nitrogens is 3. The SMILES string of the molecule is CC(C)Cc1ccc(C2CCNc3ncnn32)cc1. The van der Waals surface area contributed by atoms with E-state index in [0.717, 1.165) is 25.3 Å². The second-order valence-corrected chi connectivity index (χ2v) is 5.60. The maximum atomic E-state index is 4.33. The van der Waals surface area contributed by atoms with Crippen LogP contribution in [0.25, 0.3) is 0 Å². The van der Waals surface area contributed by atoms with Gasteiger partial charge in [0.25, 0.3) is 0 Å². The molecule has 19 heavy (non-hydrogen) atoms. The molecule has 0 spiro atoms. The fourth-order valence-corrected chi connectivity index (χ4v) is 2.70. The zero-order valence-electron chi connectivity index (χ0n) is 11.5. The molecular weight excluding hydrogens is 236 g/mol. The second-order valence-electron chi connectivity index (χ2n) is 5.60. The first-order valence-corrected chi connectivity index (χ1v) is 6.96. The molecule has 100 valence electrons. The molecule has 0 aliphatic carbocycles. The standard InChI is InChI=1S/C15H20N4/c1-11(2)9-12-3-5-13(6-4-12)14-7-8-16-15-17-10-18-19(14)15/h3-6,10-11,14H,7-9H2,1-2H3,(H,16,17,18). The van der Waals surface area contributed by atoms with Gasteiger partial charge in [-0.25, -0.2) is 4.68 Å². The van der Waals surface area contributed by atoms with Crippen LogP contribution in [-0.4, -0.2) is 21.3 Å². The van der Waals surface area contributed by atoms with Gasteiger partial charge in [-0.05, 0) is 29.9 Å². The molecule has 0 amide bonds. The van der Waals surface area contributed by atoms with Crippen molar-refractivity contribution in [3.05, 3.63) is 41.7 Å². The van der Waals surface area contributed by atoms with E-state index in [1.165, 1.54) is 11.1 Å². The van der Waals surface area contributed by atoms with Crippen molar-refractivity contribution < 1.29 is 0 Å². The maximum Gasteiger partial charge on any atom is 0.221 e. The highest BCUT2D eigenvalue weighted by molar-refractivity contribution is 5.33. The third kappa shape index (κ3) is 2.48. The van der Waals surface area contributed by atoms with Crippen molar-refractivity contribution in [2.24, 2.45) is 5.92 Å². The summed E-state index contributed by atoms with van der Waals surface area (Å²) in [5.74, 6) is 1.58. The molecule has 3 rings (SSSR count). The highest BCUT2D eigenvalue weighted by Gasteiger charge is 2.22. The number of benzene rings is 1. The maximum absolute atomic E-state index is 4.33. The Labute approximate surface area is 113 Å². The molecule has 1 aliphatic rings. The van der Waals surface area contributed by atoms with Crippen molar-refractivity contribution in [1.29, 1.82) is 0 Å². The number of rotatable bonds is 3. The van der Waals surface area contributed by atoms with Crippen molar-refractivity contribution in [1.82, 2.24) is 14.8 Å². The van der Waals surface area contributed by atoms with Gasteiger partial charge in [-0.1, -0.05) is 38.1 Å². The van der Waals surface area contributed by atoms with E-state index in [9.17, 15) is 0 Å². The molecule has 0 bridgehead atoms. The van der Waals surface area contributed by atoms with Gasteiger partial charge in [0, 0.05) is 6.54 Å². The zero-order chi connectivity index (χ0) is 13.2. The van der Waals surface area contributed by atoms with Gasteiger partial charge < -0.3 is 5.32 Å². The monoisotopic (exact) mass is 256 g/mol. The van der Waals surface area contributed by atoms with E-state index in [2.05, 4.69) is 53.5 Å². The van der Waals surface area contributed by atoms with E-state index in [-0.39, 0.29) is 0 Å². The Kier molecular flexibility index (Phi) is 3.23. The van der Waals surface area contributed by atoms with Crippen LogP contribution in [0.4, 0.5) is 5.95 Å². The molecule has 1 unspecified atom stereocenters. The Bertz CT molecular complexity index is 542. The molecule has 0 saturated heterocycles. The minimum absolute atomic E-state index is 0.312. The fourth-order valence-electron chi connectivity index (χ4n) is 2.70. The van der Waals surface area contributed by atoms with E-state index in [1.807, 2.05) is 4.68 Å². The van der Waals surface area contributed by atoms with Crippen LogP contribution in [0.2, 0.25) is 0 Å². The summed E-state index contributed by atoms with van der Waals surface area (Å²) in [4.78, 5) is 4.23. The number of hydrogen-bond donors (Lipinski definition) is 1. The number of hydrogen-bond acceptors (Lipinski definition) is 3. The average Bonchev–Trinajstić information content (AvgIpc) is 2.87. The Balaban J connectivity index is 1.84. The second kappa shape index (κ2) is 5.03. The van der Waals surface area contributed by atoms with Gasteiger partial charge in [0.1, 0.15) is 6.33 Å². The normalized spacial score (nSPS) is 18.2. The number of fused-ring (bicyclic) bond motifs is 1. The van der Waals surface area contributed by atoms with E-state index in [4.69, 9.17) is 0 Å². The molecule has 1 aromatic carbocycles. The lowest BCUT2D eigenvalue weighted by Gasteiger charge is -2.24. The molecule has 1 N–H and O–H groups in total. The van der Waals surface area contributed by atoms with Crippen molar-refractivity contribution in [2.75, 3.05) is 11.9 Å². The van der Waals surface area contributed by atoms with Crippen LogP contribution >= 0.6 is 0 Å². The summed E-state index contributed by atoms with van der Waals surface area (Å²) in [6.07, 6.45) is 3.81. The lowest BCUT2D eigenvalue weighted by molar-refractivity contribution is 0.480. The van der Waals surface area contributed by atoms with E-state index in [1.54, 1.807) is 6.33 Å². The molecule has 1 aromatic heterocycles. The predicted octanol–water partition coefficient (Wildman–Crippen LogP) is 2.88. The first-order valence-electron chi connectivity index (χ1n) is 6.96. The summed E-state index contributed by atoms with van der Waals surface area (Å²) in [5, 5.41) is 7.60. The summed E-state index contributed by atoms with van der Waals surface area (Å²) in [5.41, 5.74) is 2.73. The van der Waals surface area contributed by atoms with Crippen LogP contribution < -0.4 is 5.32 Å². The summed E-state index contributed by atoms with van der Waals surface area (Å²) in [6, 6.07) is 9.27. The van der Waals surface area contributed by atoms with Crippen molar-refractivity contribution >= 4 is 5.95 Å². The molecule has 1 aliphatic heterocycles. The van der Waals surface area contributed by atoms with Crippen LogP contribution in [0, 0.1) is 5.92 Å². The third-order valence-corrected chi connectivity index (χ3v) is 3.58. The quantitative estimate of drug-likeness (QED) is 0.918. The summed E-state index contributed by atoms with van der Waals surface area (Å²) >= 11 is 0. The smallest absolute Gasteiger partial charge is 0.221 e. The van der Waals surface area contributed by atoms with Gasteiger partial charge in [-0.3, -0.25) is 0 Å². The molecule has 0 radical (unpaired) electrons. The third-order valence-electron chi connectivity index (χ3n) is 3.58. The van der Waals surface area contributed by atoms with Gasteiger partial charge in [-0.15, -0.1) is 0 Å². The zero-order valence-corrected chi connectivity index (χ0v) is 11.5. The molecule has 0 fully saturated rings. The summed E-state index contributed by atoms with van der Waals surface area (Å²) < 4.78 is 1.99. The Hall–Kier alpha value is -1.84. The highest BCUT2D eigenvalue weighted by Crippen LogP contribution is 2.27. The molecule has 4 heteroatoms. The van der Waals surface area contributed by atoms with Gasteiger partial charge in [0.15, 0.2) is 0 Å². The summed E-state index contributed by atoms with van der Waals surface area (Å²) in [7, 11) is 0. The van der Waals surface area contributed by atoms with Crippen LogP contribution in [0.15, 0.2) is 30.6 Å². The Morgan fingerprint density at radius 3 is 2.84 bits per heavy atom. The van der Waals surface area contributed by atoms with E-state index >= 15 is 0 Å². The van der Waals surface area contributed by atoms with Crippen LogP contribution in [0.5, 0.6) is 0 Å².